The normalized spacial score (nSPS) is 13.4. The van der Waals surface area contributed by atoms with Crippen LogP contribution >= 0.6 is 0 Å². The Morgan fingerprint density at radius 1 is 1.44 bits per heavy atom. The van der Waals surface area contributed by atoms with Crippen LogP contribution in [0.2, 0.25) is 0 Å². The van der Waals surface area contributed by atoms with Gasteiger partial charge in [0.25, 0.3) is 5.91 Å². The zero-order valence-electron chi connectivity index (χ0n) is 11.8. The molecule has 0 radical (unpaired) electrons. The van der Waals surface area contributed by atoms with Gasteiger partial charge in [-0.3, -0.25) is 4.79 Å². The largest absolute Gasteiger partial charge is 0.466 e. The van der Waals surface area contributed by atoms with Crippen molar-refractivity contribution in [2.75, 3.05) is 6.54 Å². The second kappa shape index (κ2) is 5.57. The number of rotatable bonds is 4. The summed E-state index contributed by atoms with van der Waals surface area (Å²) < 4.78 is 5.31. The Morgan fingerprint density at radius 2 is 2.06 bits per heavy atom. The van der Waals surface area contributed by atoms with E-state index >= 15 is 0 Å². The minimum absolute atomic E-state index is 0.148. The van der Waals surface area contributed by atoms with E-state index in [1.807, 2.05) is 27.7 Å². The van der Waals surface area contributed by atoms with Crippen LogP contribution in [0, 0.1) is 19.3 Å². The Hall–Kier alpha value is -1.29. The minimum atomic E-state index is -0.426. The summed E-state index contributed by atoms with van der Waals surface area (Å²) in [7, 11) is 0. The van der Waals surface area contributed by atoms with Crippen molar-refractivity contribution in [1.82, 2.24) is 5.32 Å². The van der Waals surface area contributed by atoms with E-state index in [4.69, 9.17) is 4.42 Å². The van der Waals surface area contributed by atoms with Crippen LogP contribution in [-0.2, 0) is 0 Å². The highest BCUT2D eigenvalue weighted by Gasteiger charge is 2.22. The molecule has 0 aliphatic heterocycles. The number of hydrogen-bond donors (Lipinski definition) is 2. The molecule has 1 aromatic heterocycles. The summed E-state index contributed by atoms with van der Waals surface area (Å²) in [6.07, 6.45) is 0.121. The molecule has 0 saturated carbocycles. The van der Waals surface area contributed by atoms with Crippen molar-refractivity contribution in [2.45, 2.75) is 47.1 Å². The zero-order valence-corrected chi connectivity index (χ0v) is 11.8. The highest BCUT2D eigenvalue weighted by atomic mass is 16.3. The van der Waals surface area contributed by atoms with Crippen molar-refractivity contribution in [2.24, 2.45) is 5.41 Å². The van der Waals surface area contributed by atoms with Gasteiger partial charge < -0.3 is 14.8 Å². The van der Waals surface area contributed by atoms with Gasteiger partial charge in [-0.05, 0) is 31.7 Å². The summed E-state index contributed by atoms with van der Waals surface area (Å²) in [5, 5.41) is 12.7. The quantitative estimate of drug-likeness (QED) is 0.866. The van der Waals surface area contributed by atoms with Crippen molar-refractivity contribution in [3.05, 3.63) is 23.2 Å². The maximum absolute atomic E-state index is 11.9. The molecule has 0 unspecified atom stereocenters. The van der Waals surface area contributed by atoms with Gasteiger partial charge in [-0.1, -0.05) is 20.8 Å². The standard InChI is InChI=1S/C14H23NO3/c1-9-8-11(10(2)18-9)13(17)15-7-6-12(16)14(3,4)5/h8,12,16H,6-7H2,1-5H3,(H,15,17)/t12-/m1/s1. The van der Waals surface area contributed by atoms with Gasteiger partial charge in [-0.2, -0.15) is 0 Å². The number of carbonyl (C=O) groups is 1. The molecule has 18 heavy (non-hydrogen) atoms. The molecule has 4 nitrogen and oxygen atoms in total. The number of aryl methyl sites for hydroxylation is 2. The third-order valence-electron chi connectivity index (χ3n) is 2.99. The third kappa shape index (κ3) is 3.88. The lowest BCUT2D eigenvalue weighted by molar-refractivity contribution is 0.0551. The zero-order chi connectivity index (χ0) is 13.9. The summed E-state index contributed by atoms with van der Waals surface area (Å²) in [6, 6.07) is 1.73. The van der Waals surface area contributed by atoms with E-state index in [9.17, 15) is 9.90 Å². The van der Waals surface area contributed by atoms with E-state index in [0.29, 0.717) is 24.3 Å². The van der Waals surface area contributed by atoms with Crippen LogP contribution in [0.5, 0.6) is 0 Å². The van der Waals surface area contributed by atoms with Crippen LogP contribution in [0.1, 0.15) is 49.1 Å². The average molecular weight is 253 g/mol. The number of nitrogens with one attached hydrogen (secondary N) is 1. The van der Waals surface area contributed by atoms with Crippen LogP contribution < -0.4 is 5.32 Å². The van der Waals surface area contributed by atoms with Crippen molar-refractivity contribution < 1.29 is 14.3 Å². The lowest BCUT2D eigenvalue weighted by Gasteiger charge is -2.25. The Morgan fingerprint density at radius 3 is 2.50 bits per heavy atom. The predicted molar refractivity (Wildman–Crippen MR) is 70.6 cm³/mol. The van der Waals surface area contributed by atoms with Gasteiger partial charge in [0.15, 0.2) is 0 Å². The molecule has 0 saturated heterocycles. The maximum Gasteiger partial charge on any atom is 0.254 e. The van der Waals surface area contributed by atoms with E-state index in [0.717, 1.165) is 5.76 Å². The third-order valence-corrected chi connectivity index (χ3v) is 2.99. The fraction of sp³-hybridized carbons (Fsp3) is 0.643. The first-order chi connectivity index (χ1) is 8.21. The van der Waals surface area contributed by atoms with Crippen LogP contribution in [0.25, 0.3) is 0 Å². The van der Waals surface area contributed by atoms with Crippen LogP contribution in [0.3, 0.4) is 0 Å². The monoisotopic (exact) mass is 253 g/mol. The van der Waals surface area contributed by atoms with Gasteiger partial charge >= 0.3 is 0 Å². The lowest BCUT2D eigenvalue weighted by atomic mass is 9.87. The molecule has 2 N–H and O–H groups in total. The maximum atomic E-state index is 11.9. The molecule has 1 rings (SSSR count). The number of hydrogen-bond acceptors (Lipinski definition) is 3. The van der Waals surface area contributed by atoms with Crippen molar-refractivity contribution >= 4 is 5.91 Å². The van der Waals surface area contributed by atoms with E-state index in [-0.39, 0.29) is 11.3 Å². The van der Waals surface area contributed by atoms with Crippen molar-refractivity contribution in [3.8, 4) is 0 Å². The summed E-state index contributed by atoms with van der Waals surface area (Å²) in [5.74, 6) is 1.21. The molecule has 1 atom stereocenters. The SMILES string of the molecule is Cc1cc(C(=O)NCC[C@@H](O)C(C)(C)C)c(C)o1. The molecule has 1 aromatic rings. The van der Waals surface area contributed by atoms with Gasteiger partial charge in [-0.15, -0.1) is 0 Å². The van der Waals surface area contributed by atoms with Crippen LogP contribution in [0.15, 0.2) is 10.5 Å². The van der Waals surface area contributed by atoms with E-state index in [2.05, 4.69) is 5.32 Å². The molecular weight excluding hydrogens is 230 g/mol. The average Bonchev–Trinajstić information content (AvgIpc) is 2.56. The summed E-state index contributed by atoms with van der Waals surface area (Å²) in [5.41, 5.74) is 0.408. The fourth-order valence-corrected chi connectivity index (χ4v) is 1.71. The molecule has 4 heteroatoms. The van der Waals surface area contributed by atoms with E-state index < -0.39 is 6.10 Å². The summed E-state index contributed by atoms with van der Waals surface area (Å²) in [4.78, 5) is 11.9. The van der Waals surface area contributed by atoms with Gasteiger partial charge in [0.1, 0.15) is 11.5 Å². The Kier molecular flexibility index (Phi) is 4.57. The molecule has 0 bridgehead atoms. The highest BCUT2D eigenvalue weighted by molar-refractivity contribution is 5.95. The van der Waals surface area contributed by atoms with Crippen LogP contribution in [0.4, 0.5) is 0 Å². The molecular formula is C14H23NO3. The van der Waals surface area contributed by atoms with Gasteiger partial charge in [0.05, 0.1) is 11.7 Å². The topological polar surface area (TPSA) is 62.5 Å². The molecule has 0 aromatic carbocycles. The number of furan rings is 1. The Labute approximate surface area is 108 Å². The first kappa shape index (κ1) is 14.8. The Bertz CT molecular complexity index is 415. The molecule has 0 fully saturated rings. The molecule has 1 amide bonds. The van der Waals surface area contributed by atoms with Crippen molar-refractivity contribution in [1.29, 1.82) is 0 Å². The molecule has 0 aliphatic carbocycles. The van der Waals surface area contributed by atoms with Gasteiger partial charge in [0, 0.05) is 6.54 Å². The molecule has 102 valence electrons. The van der Waals surface area contributed by atoms with E-state index in [1.54, 1.807) is 13.0 Å². The first-order valence-corrected chi connectivity index (χ1v) is 6.25. The van der Waals surface area contributed by atoms with Crippen LogP contribution in [-0.4, -0.2) is 23.7 Å². The predicted octanol–water partition coefficient (Wildman–Crippen LogP) is 2.42. The second-order valence-electron chi connectivity index (χ2n) is 5.75. The summed E-state index contributed by atoms with van der Waals surface area (Å²) >= 11 is 0. The smallest absolute Gasteiger partial charge is 0.254 e. The number of carbonyl (C=O) groups excluding carboxylic acids is 1. The van der Waals surface area contributed by atoms with Gasteiger partial charge in [0.2, 0.25) is 0 Å². The second-order valence-corrected chi connectivity index (χ2v) is 5.75. The van der Waals surface area contributed by atoms with Gasteiger partial charge in [-0.25, -0.2) is 0 Å². The highest BCUT2D eigenvalue weighted by Crippen LogP contribution is 2.21. The number of amides is 1. The number of aliphatic hydroxyl groups excluding tert-OH is 1. The first-order valence-electron chi connectivity index (χ1n) is 6.25. The summed E-state index contributed by atoms with van der Waals surface area (Å²) in [6.45, 7) is 9.97. The van der Waals surface area contributed by atoms with E-state index in [1.165, 1.54) is 0 Å². The lowest BCUT2D eigenvalue weighted by Crippen LogP contribution is -2.32. The molecule has 1 heterocycles. The Balaban J connectivity index is 2.46. The fourth-order valence-electron chi connectivity index (χ4n) is 1.71. The molecule has 0 aliphatic rings. The molecule has 0 spiro atoms. The van der Waals surface area contributed by atoms with Crippen molar-refractivity contribution in [3.63, 3.8) is 0 Å². The number of aliphatic hydroxyl groups is 1. The minimum Gasteiger partial charge on any atom is -0.466 e.